The van der Waals surface area contributed by atoms with Gasteiger partial charge in [0, 0.05) is 86.8 Å². The van der Waals surface area contributed by atoms with Gasteiger partial charge in [0.1, 0.15) is 0 Å². The summed E-state index contributed by atoms with van der Waals surface area (Å²) in [5.41, 5.74) is 6.47. The van der Waals surface area contributed by atoms with E-state index >= 15 is 0 Å². The van der Waals surface area contributed by atoms with Crippen molar-refractivity contribution in [3.8, 4) is 0 Å². The van der Waals surface area contributed by atoms with Gasteiger partial charge >= 0.3 is 30.8 Å². The van der Waals surface area contributed by atoms with Crippen LogP contribution in [0.5, 0.6) is 0 Å². The standard InChI is InChI=1S/C28H39N3O5.C27H37N3O5.CH4.Li.2H2O/c1-18(2)11-25(31-8-7-19(3)12-27(31)33)26(32)14-22(15-28(34)35-6)23-13-24(21(5)29-16-23)30-9-10-36-17-20(30)4;1-17(2)10-24(30-7-6-18(3)11-26(30)32)25(31)13-21(14-27(33)34)22-12-23(20(5)28-15-22)29-8-9-35-16-19(29)4;;;;/h7-8,12-13,16,18,20,22,25H,9-11,14-15,17H2,1-6H3;6-7,11-12,15,17,19,21,24H,8-10,13-14,16H2,1-5H3,(H,33,34);1H4;;2*1H2/q;;;+1;;/p-1/t20-,22?,25?;19-,21?,24?;;;;/m00..../s1. The first-order valence-corrected chi connectivity index (χ1v) is 25.0. The summed E-state index contributed by atoms with van der Waals surface area (Å²) in [6, 6.07) is 9.86. The van der Waals surface area contributed by atoms with E-state index in [4.69, 9.17) is 14.2 Å². The average molecular weight is 1040 g/mol. The van der Waals surface area contributed by atoms with Gasteiger partial charge in [0.05, 0.1) is 81.2 Å². The number of rotatable bonds is 20. The Morgan fingerprint density at radius 1 is 0.680 bits per heavy atom. The van der Waals surface area contributed by atoms with Crippen molar-refractivity contribution in [2.24, 2.45) is 11.8 Å². The largest absolute Gasteiger partial charge is 1.00 e. The van der Waals surface area contributed by atoms with Crippen LogP contribution in [0.25, 0.3) is 0 Å². The molecule has 4 aromatic rings. The third-order valence-corrected chi connectivity index (χ3v) is 13.4. The van der Waals surface area contributed by atoms with Crippen molar-refractivity contribution in [3.05, 3.63) is 116 Å². The van der Waals surface area contributed by atoms with Gasteiger partial charge in [-0.1, -0.05) is 35.1 Å². The first-order valence-electron chi connectivity index (χ1n) is 25.0. The summed E-state index contributed by atoms with van der Waals surface area (Å²) in [7, 11) is 1.35. The fourth-order valence-electron chi connectivity index (χ4n) is 9.53. The molecule has 18 nitrogen and oxygen atoms in total. The fraction of sp³-hybridized carbons (Fsp3) is 0.571. The van der Waals surface area contributed by atoms with Gasteiger partial charge in [-0.3, -0.25) is 38.7 Å². The number of aromatic nitrogens is 4. The summed E-state index contributed by atoms with van der Waals surface area (Å²) in [4.78, 5) is 90.5. The van der Waals surface area contributed by atoms with Crippen molar-refractivity contribution in [3.63, 3.8) is 0 Å². The van der Waals surface area contributed by atoms with Crippen molar-refractivity contribution in [2.45, 2.75) is 151 Å². The second-order valence-electron chi connectivity index (χ2n) is 20.3. The summed E-state index contributed by atoms with van der Waals surface area (Å²) >= 11 is 0. The SMILES string of the molecule is C.COC(=O)CC(CC(=O)C(CC(C)C)n1ccc(C)cc1=O)c1cnc(C)c(N2CCOC[C@@H]2C)c1.Cc1ccn(C(CC(C)C)C(=O)CC(CC(=O)O)c2cnc(C)c(N3CCOC[C@@H]3C)c2)c(=O)c1.O.[Li+].[OH-]. The number of carboxylic acids is 1. The van der Waals surface area contributed by atoms with Crippen molar-refractivity contribution in [1.29, 1.82) is 0 Å². The molecule has 4 N–H and O–H groups in total. The summed E-state index contributed by atoms with van der Waals surface area (Å²) in [5.74, 6) is -2.14. The number of pyridine rings is 4. The Bertz CT molecular complexity index is 2600. The molecule has 19 heteroatoms. The van der Waals surface area contributed by atoms with Gasteiger partial charge in [-0.15, -0.1) is 0 Å². The molecule has 6 atom stereocenters. The van der Waals surface area contributed by atoms with E-state index in [1.165, 1.54) is 22.3 Å². The van der Waals surface area contributed by atoms with Crippen LogP contribution in [0.2, 0.25) is 0 Å². The van der Waals surface area contributed by atoms with E-state index in [0.29, 0.717) is 39.3 Å². The summed E-state index contributed by atoms with van der Waals surface area (Å²) < 4.78 is 19.1. The molecule has 2 saturated heterocycles. The molecule has 4 unspecified atom stereocenters. The maximum absolute atomic E-state index is 13.7. The molecule has 0 amide bonds. The minimum atomic E-state index is -0.974. The molecule has 6 heterocycles. The van der Waals surface area contributed by atoms with Crippen molar-refractivity contribution < 1.29 is 68.3 Å². The van der Waals surface area contributed by atoms with Gasteiger partial charge < -0.3 is 49.2 Å². The van der Waals surface area contributed by atoms with Crippen LogP contribution in [-0.2, 0) is 33.4 Å². The average Bonchev–Trinajstić information content (AvgIpc) is 3.30. The van der Waals surface area contributed by atoms with Crippen LogP contribution >= 0.6 is 0 Å². The van der Waals surface area contributed by atoms with Crippen LogP contribution in [-0.4, -0.2) is 117 Å². The Labute approximate surface area is 455 Å². The maximum atomic E-state index is 13.7. The molecule has 2 aliphatic heterocycles. The van der Waals surface area contributed by atoms with Crippen LogP contribution in [0.15, 0.2) is 70.8 Å². The van der Waals surface area contributed by atoms with Gasteiger partial charge in [-0.25, -0.2) is 0 Å². The molecule has 0 radical (unpaired) electrons. The zero-order valence-corrected chi connectivity index (χ0v) is 45.6. The number of hydrogen-bond donors (Lipinski definition) is 1. The monoisotopic (exact) mass is 1040 g/mol. The van der Waals surface area contributed by atoms with E-state index in [1.807, 2.05) is 79.7 Å². The minimum absolute atomic E-state index is 0. The molecular formula is C56H83LiN6O12. The number of hydrogen-bond acceptors (Lipinski definition) is 14. The molecule has 0 spiro atoms. The third kappa shape index (κ3) is 18.9. The molecule has 0 aliphatic carbocycles. The number of aryl methyl sites for hydroxylation is 4. The number of anilines is 2. The van der Waals surface area contributed by atoms with Crippen molar-refractivity contribution >= 4 is 34.9 Å². The van der Waals surface area contributed by atoms with Gasteiger partial charge in [-0.2, -0.15) is 0 Å². The van der Waals surface area contributed by atoms with Crippen LogP contribution in [0.4, 0.5) is 11.4 Å². The smallest absolute Gasteiger partial charge is 0.870 e. The number of carboxylic acid groups (broad SMARTS) is 1. The van der Waals surface area contributed by atoms with E-state index in [2.05, 4.69) is 33.6 Å². The Morgan fingerprint density at radius 2 is 1.07 bits per heavy atom. The van der Waals surface area contributed by atoms with Crippen molar-refractivity contribution in [2.75, 3.05) is 56.4 Å². The second kappa shape index (κ2) is 31.5. The third-order valence-electron chi connectivity index (χ3n) is 13.4. The molecule has 0 bridgehead atoms. The second-order valence-corrected chi connectivity index (χ2v) is 20.3. The first-order chi connectivity index (χ1) is 33.7. The van der Waals surface area contributed by atoms with E-state index in [-0.39, 0.29) is 115 Å². The molecule has 0 aromatic carbocycles. The van der Waals surface area contributed by atoms with Gasteiger partial charge in [0.25, 0.3) is 11.1 Å². The number of aliphatic carboxylic acids is 1. The zero-order valence-electron chi connectivity index (χ0n) is 45.6. The number of carbonyl (C=O) groups excluding carboxylic acids is 3. The molecule has 410 valence electrons. The molecule has 2 fully saturated rings. The van der Waals surface area contributed by atoms with E-state index in [0.717, 1.165) is 58.1 Å². The zero-order chi connectivity index (χ0) is 52.1. The fourth-order valence-corrected chi connectivity index (χ4v) is 9.53. The Morgan fingerprint density at radius 3 is 1.40 bits per heavy atom. The van der Waals surface area contributed by atoms with Crippen molar-refractivity contribution in [1.82, 2.24) is 19.1 Å². The van der Waals surface area contributed by atoms with Crippen LogP contribution in [0, 0.1) is 39.5 Å². The van der Waals surface area contributed by atoms with E-state index in [1.54, 1.807) is 30.9 Å². The number of methoxy groups -OCH3 is 1. The molecule has 6 rings (SSSR count). The predicted molar refractivity (Wildman–Crippen MR) is 287 cm³/mol. The Balaban J connectivity index is 0.000000712. The number of esters is 1. The maximum Gasteiger partial charge on any atom is 1.00 e. The minimum Gasteiger partial charge on any atom is -0.870 e. The first kappa shape index (κ1) is 67.5. The molecule has 4 aromatic heterocycles. The normalized spacial score (nSPS) is 16.8. The summed E-state index contributed by atoms with van der Waals surface area (Å²) in [5, 5.41) is 9.63. The topological polar surface area (TPSA) is 254 Å². The Kier molecular flexibility index (Phi) is 28.4. The summed E-state index contributed by atoms with van der Waals surface area (Å²) in [6.45, 7) is 23.8. The van der Waals surface area contributed by atoms with Gasteiger partial charge in [0.15, 0.2) is 11.6 Å². The number of ketones is 2. The summed E-state index contributed by atoms with van der Waals surface area (Å²) in [6.07, 6.45) is 7.83. The van der Waals surface area contributed by atoms with E-state index < -0.39 is 29.9 Å². The van der Waals surface area contributed by atoms with E-state index in [9.17, 15) is 33.9 Å². The quantitative estimate of drug-likeness (QED) is 0.0944. The number of ether oxygens (including phenoxy) is 3. The number of morpholine rings is 2. The molecule has 75 heavy (non-hydrogen) atoms. The number of nitrogens with zero attached hydrogens (tertiary/aromatic N) is 6. The van der Waals surface area contributed by atoms with Gasteiger partial charge in [-0.05, 0) is 113 Å². The molecular weight excluding hydrogens is 956 g/mol. The van der Waals surface area contributed by atoms with Crippen LogP contribution in [0.3, 0.4) is 0 Å². The number of carbonyl (C=O) groups is 4. The van der Waals surface area contributed by atoms with Crippen LogP contribution < -0.4 is 39.8 Å². The van der Waals surface area contributed by atoms with Gasteiger partial charge in [0.2, 0.25) is 0 Å². The molecule has 2 aliphatic rings. The number of Topliss-reactive ketones (excluding diaryl/α,β-unsaturated/α-hetero) is 2. The van der Waals surface area contributed by atoms with Crippen LogP contribution in [0.1, 0.15) is 145 Å². The predicted octanol–water partition coefficient (Wildman–Crippen LogP) is 4.51. The molecule has 0 saturated carbocycles. The Hall–Kier alpha value is -5.48.